The van der Waals surface area contributed by atoms with E-state index in [-0.39, 0.29) is 22.0 Å². The average Bonchev–Trinajstić information content (AvgIpc) is 2.21. The summed E-state index contributed by atoms with van der Waals surface area (Å²) in [6.07, 6.45) is -0.443. The highest BCUT2D eigenvalue weighted by Crippen LogP contribution is 2.31. The largest absolute Gasteiger partial charge is 0.478 e. The summed E-state index contributed by atoms with van der Waals surface area (Å²) in [5, 5.41) is 9.28. The van der Waals surface area contributed by atoms with Crippen LogP contribution in [0.1, 0.15) is 24.2 Å². The van der Waals surface area contributed by atoms with Crippen molar-refractivity contribution in [2.24, 2.45) is 0 Å². The maximum Gasteiger partial charge on any atom is 0.339 e. The molecule has 17 heavy (non-hydrogen) atoms. The Morgan fingerprint density at radius 1 is 1.59 bits per heavy atom. The lowest BCUT2D eigenvalue weighted by Gasteiger charge is -2.14. The van der Waals surface area contributed by atoms with Crippen molar-refractivity contribution in [1.82, 2.24) is 0 Å². The van der Waals surface area contributed by atoms with Crippen LogP contribution >= 0.6 is 11.6 Å². The van der Waals surface area contributed by atoms with Crippen LogP contribution < -0.4 is 10.5 Å². The summed E-state index contributed by atoms with van der Waals surface area (Å²) in [5.41, 5.74) is 5.79. The monoisotopic (exact) mass is 253 g/mol. The smallest absolute Gasteiger partial charge is 0.339 e. The van der Waals surface area contributed by atoms with E-state index in [4.69, 9.17) is 27.2 Å². The standard InChI is InChI=1S/C12H12ClNO3/c1-3-4-7(2)17-11-9(12(15)16)5-8(13)6-10(11)14/h5-7H,14H2,1-2H3,(H,15,16). The highest BCUT2D eigenvalue weighted by atomic mass is 35.5. The molecule has 0 aromatic heterocycles. The predicted molar refractivity (Wildman–Crippen MR) is 66.4 cm³/mol. The van der Waals surface area contributed by atoms with Gasteiger partial charge in [-0.3, -0.25) is 0 Å². The topological polar surface area (TPSA) is 72.5 Å². The summed E-state index contributed by atoms with van der Waals surface area (Å²) < 4.78 is 5.39. The lowest BCUT2D eigenvalue weighted by atomic mass is 10.1. The molecule has 0 fully saturated rings. The lowest BCUT2D eigenvalue weighted by Crippen LogP contribution is -2.13. The fraction of sp³-hybridized carbons (Fsp3) is 0.250. The van der Waals surface area contributed by atoms with Gasteiger partial charge < -0.3 is 15.6 Å². The van der Waals surface area contributed by atoms with E-state index in [2.05, 4.69) is 11.8 Å². The molecular weight excluding hydrogens is 242 g/mol. The number of nitrogens with two attached hydrogens (primary N) is 1. The van der Waals surface area contributed by atoms with Crippen molar-refractivity contribution in [3.05, 3.63) is 22.7 Å². The predicted octanol–water partition coefficient (Wildman–Crippen LogP) is 2.41. The van der Waals surface area contributed by atoms with Crippen LogP contribution in [0, 0.1) is 11.8 Å². The number of carbonyl (C=O) groups is 1. The number of halogens is 1. The van der Waals surface area contributed by atoms with Gasteiger partial charge >= 0.3 is 5.97 Å². The Labute approximate surface area is 104 Å². The van der Waals surface area contributed by atoms with Crippen LogP contribution in [-0.2, 0) is 0 Å². The maximum atomic E-state index is 11.0. The summed E-state index contributed by atoms with van der Waals surface area (Å²) >= 11 is 5.74. The van der Waals surface area contributed by atoms with Crippen molar-refractivity contribution in [2.75, 3.05) is 5.73 Å². The molecule has 0 heterocycles. The van der Waals surface area contributed by atoms with Crippen molar-refractivity contribution in [3.63, 3.8) is 0 Å². The highest BCUT2D eigenvalue weighted by molar-refractivity contribution is 6.31. The first kappa shape index (κ1) is 13.2. The first-order chi connectivity index (χ1) is 7.95. The van der Waals surface area contributed by atoms with E-state index in [9.17, 15) is 4.79 Å². The van der Waals surface area contributed by atoms with Gasteiger partial charge in [0.15, 0.2) is 11.9 Å². The quantitative estimate of drug-likeness (QED) is 0.641. The number of hydrogen-bond donors (Lipinski definition) is 2. The normalized spacial score (nSPS) is 11.2. The fourth-order valence-electron chi connectivity index (χ4n) is 1.31. The molecule has 0 aliphatic heterocycles. The second-order valence-corrected chi connectivity index (χ2v) is 3.77. The third-order valence-electron chi connectivity index (χ3n) is 1.96. The zero-order valence-corrected chi connectivity index (χ0v) is 10.2. The number of aromatic carboxylic acids is 1. The summed E-state index contributed by atoms with van der Waals surface area (Å²) in [4.78, 5) is 11.0. The van der Waals surface area contributed by atoms with Gasteiger partial charge in [-0.1, -0.05) is 17.5 Å². The number of carboxylic acid groups (broad SMARTS) is 1. The number of anilines is 1. The second-order valence-electron chi connectivity index (χ2n) is 3.33. The molecule has 4 nitrogen and oxygen atoms in total. The minimum Gasteiger partial charge on any atom is -0.478 e. The van der Waals surface area contributed by atoms with Crippen molar-refractivity contribution < 1.29 is 14.6 Å². The van der Waals surface area contributed by atoms with Crippen LogP contribution in [0.3, 0.4) is 0 Å². The minimum atomic E-state index is -1.15. The molecule has 1 unspecified atom stereocenters. The number of nitrogen functional groups attached to an aromatic ring is 1. The number of hydrogen-bond acceptors (Lipinski definition) is 3. The zero-order chi connectivity index (χ0) is 13.0. The van der Waals surface area contributed by atoms with Crippen molar-refractivity contribution in [2.45, 2.75) is 20.0 Å². The Morgan fingerprint density at radius 2 is 2.24 bits per heavy atom. The van der Waals surface area contributed by atoms with Crippen LogP contribution in [0.4, 0.5) is 5.69 Å². The van der Waals surface area contributed by atoms with Gasteiger partial charge in [0, 0.05) is 5.02 Å². The zero-order valence-electron chi connectivity index (χ0n) is 9.45. The Morgan fingerprint density at radius 3 is 2.76 bits per heavy atom. The number of rotatable bonds is 3. The Balaban J connectivity index is 3.20. The van der Waals surface area contributed by atoms with Gasteiger partial charge in [0.25, 0.3) is 0 Å². The molecule has 90 valence electrons. The van der Waals surface area contributed by atoms with Gasteiger partial charge in [-0.05, 0) is 26.0 Å². The molecule has 0 amide bonds. The molecule has 1 rings (SSSR count). The first-order valence-electron chi connectivity index (χ1n) is 4.87. The van der Waals surface area contributed by atoms with Gasteiger partial charge in [0.05, 0.1) is 5.69 Å². The molecule has 0 radical (unpaired) electrons. The van der Waals surface area contributed by atoms with Crippen LogP contribution in [-0.4, -0.2) is 17.2 Å². The molecule has 1 atom stereocenters. The average molecular weight is 254 g/mol. The first-order valence-corrected chi connectivity index (χ1v) is 5.24. The SMILES string of the molecule is CC#CC(C)Oc1c(N)cc(Cl)cc1C(=O)O. The molecular formula is C12H12ClNO3. The highest BCUT2D eigenvalue weighted by Gasteiger charge is 2.17. The maximum absolute atomic E-state index is 11.0. The van der Waals surface area contributed by atoms with Gasteiger partial charge in [-0.15, -0.1) is 5.92 Å². The van der Waals surface area contributed by atoms with Crippen LogP contribution in [0.5, 0.6) is 5.75 Å². The van der Waals surface area contributed by atoms with Crippen LogP contribution in [0.25, 0.3) is 0 Å². The van der Waals surface area contributed by atoms with Crippen molar-refractivity contribution in [1.29, 1.82) is 0 Å². The van der Waals surface area contributed by atoms with E-state index < -0.39 is 12.1 Å². The molecule has 0 saturated carbocycles. The van der Waals surface area contributed by atoms with Gasteiger partial charge in [-0.25, -0.2) is 4.79 Å². The second kappa shape index (κ2) is 5.46. The van der Waals surface area contributed by atoms with E-state index in [1.807, 2.05) is 0 Å². The Hall–Kier alpha value is -1.86. The summed E-state index contributed by atoms with van der Waals surface area (Å²) in [5.74, 6) is 4.37. The molecule has 1 aromatic rings. The molecule has 0 aliphatic rings. The van der Waals surface area contributed by atoms with Gasteiger partial charge in [0.2, 0.25) is 0 Å². The van der Waals surface area contributed by atoms with E-state index in [1.165, 1.54) is 12.1 Å². The van der Waals surface area contributed by atoms with Crippen LogP contribution in [0.2, 0.25) is 5.02 Å². The van der Waals surface area contributed by atoms with Gasteiger partial charge in [0.1, 0.15) is 5.56 Å². The van der Waals surface area contributed by atoms with E-state index in [0.717, 1.165) is 0 Å². The van der Waals surface area contributed by atoms with E-state index in [0.29, 0.717) is 0 Å². The Kier molecular flexibility index (Phi) is 4.24. The van der Waals surface area contributed by atoms with Crippen molar-refractivity contribution in [3.8, 4) is 17.6 Å². The number of ether oxygens (including phenoxy) is 1. The summed E-state index contributed by atoms with van der Waals surface area (Å²) in [7, 11) is 0. The molecule has 0 spiro atoms. The Bertz CT molecular complexity index is 502. The molecule has 5 heteroatoms. The van der Waals surface area contributed by atoms with E-state index in [1.54, 1.807) is 13.8 Å². The van der Waals surface area contributed by atoms with Crippen molar-refractivity contribution >= 4 is 23.3 Å². The van der Waals surface area contributed by atoms with E-state index >= 15 is 0 Å². The molecule has 0 bridgehead atoms. The molecule has 0 saturated heterocycles. The third kappa shape index (κ3) is 3.30. The summed E-state index contributed by atoms with van der Waals surface area (Å²) in [6, 6.07) is 2.73. The number of benzene rings is 1. The molecule has 1 aromatic carbocycles. The van der Waals surface area contributed by atoms with Crippen LogP contribution in [0.15, 0.2) is 12.1 Å². The fourth-order valence-corrected chi connectivity index (χ4v) is 1.54. The third-order valence-corrected chi connectivity index (χ3v) is 2.17. The number of carboxylic acids is 1. The van der Waals surface area contributed by atoms with Gasteiger partial charge in [-0.2, -0.15) is 0 Å². The minimum absolute atomic E-state index is 0.0697. The molecule has 3 N–H and O–H groups in total. The lowest BCUT2D eigenvalue weighted by molar-refractivity contribution is 0.0691. The summed E-state index contributed by atoms with van der Waals surface area (Å²) in [6.45, 7) is 3.37. The molecule has 0 aliphatic carbocycles.